The fraction of sp³-hybridized carbons (Fsp3) is 0.211. The summed E-state index contributed by atoms with van der Waals surface area (Å²) < 4.78 is 0. The van der Waals surface area contributed by atoms with Crippen molar-refractivity contribution in [2.45, 2.75) is 24.8 Å². The fourth-order valence-corrected chi connectivity index (χ4v) is 3.82. The summed E-state index contributed by atoms with van der Waals surface area (Å²) in [6.45, 7) is 0. The minimum absolute atomic E-state index is 0.0143. The molecule has 134 valence electrons. The number of carboxylic acid groups (broad SMARTS) is 1. The fourth-order valence-electron chi connectivity index (χ4n) is 3.28. The molecular weight excluding hydrogens is 377 g/mol. The number of imide groups is 1. The Bertz CT molecular complexity index is 833. The molecule has 1 fully saturated rings. The molecule has 1 N–H and O–H groups in total. The maximum atomic E-state index is 12.2. The van der Waals surface area contributed by atoms with Crippen LogP contribution in [0.2, 0.25) is 10.0 Å². The van der Waals surface area contributed by atoms with Crippen molar-refractivity contribution in [2.75, 3.05) is 0 Å². The number of carboxylic acids is 1. The summed E-state index contributed by atoms with van der Waals surface area (Å²) in [5, 5.41) is 10.6. The standard InChI is InChI=1S/C19H15Cl2NO4/c20-13-8-12(9-14(21)10-13)17(11-4-2-1-3-5-11)18(19(25)26)22-15(23)6-7-16(22)24/h1-5,8-10,17-18H,6-7H2,(H,25,26). The molecule has 1 aliphatic heterocycles. The minimum atomic E-state index is -1.38. The highest BCUT2D eigenvalue weighted by Gasteiger charge is 2.44. The van der Waals surface area contributed by atoms with Crippen LogP contribution in [0.25, 0.3) is 0 Å². The van der Waals surface area contributed by atoms with Crippen LogP contribution in [0.1, 0.15) is 29.9 Å². The Labute approximate surface area is 160 Å². The molecule has 0 saturated carbocycles. The van der Waals surface area contributed by atoms with Crippen LogP contribution >= 0.6 is 23.2 Å². The number of nitrogens with zero attached hydrogens (tertiary/aromatic N) is 1. The van der Waals surface area contributed by atoms with E-state index in [4.69, 9.17) is 23.2 Å². The lowest BCUT2D eigenvalue weighted by Crippen LogP contribution is -2.48. The van der Waals surface area contributed by atoms with Crippen LogP contribution in [0, 0.1) is 0 Å². The molecule has 0 aliphatic carbocycles. The third-order valence-electron chi connectivity index (χ3n) is 4.34. The summed E-state index contributed by atoms with van der Waals surface area (Å²) >= 11 is 12.2. The van der Waals surface area contributed by atoms with Gasteiger partial charge >= 0.3 is 5.97 Å². The molecule has 0 aromatic heterocycles. The van der Waals surface area contributed by atoms with E-state index in [0.29, 0.717) is 21.2 Å². The first kappa shape index (κ1) is 18.4. The Hall–Kier alpha value is -2.37. The van der Waals surface area contributed by atoms with Crippen molar-refractivity contribution >= 4 is 41.0 Å². The van der Waals surface area contributed by atoms with Gasteiger partial charge in [0, 0.05) is 28.8 Å². The zero-order valence-corrected chi connectivity index (χ0v) is 15.1. The van der Waals surface area contributed by atoms with Crippen LogP contribution in [0.4, 0.5) is 0 Å². The maximum Gasteiger partial charge on any atom is 0.327 e. The smallest absolute Gasteiger partial charge is 0.327 e. The van der Waals surface area contributed by atoms with Crippen molar-refractivity contribution < 1.29 is 19.5 Å². The third kappa shape index (κ3) is 3.59. The van der Waals surface area contributed by atoms with E-state index in [1.54, 1.807) is 42.5 Å². The lowest BCUT2D eigenvalue weighted by Gasteiger charge is -2.31. The van der Waals surface area contributed by atoms with E-state index in [0.717, 1.165) is 4.90 Å². The summed E-state index contributed by atoms with van der Waals surface area (Å²) in [5.74, 6) is -3.04. The molecule has 1 heterocycles. The van der Waals surface area contributed by atoms with E-state index in [2.05, 4.69) is 0 Å². The van der Waals surface area contributed by atoms with Gasteiger partial charge in [-0.3, -0.25) is 14.5 Å². The predicted molar refractivity (Wildman–Crippen MR) is 97.3 cm³/mol. The topological polar surface area (TPSA) is 74.7 Å². The van der Waals surface area contributed by atoms with Gasteiger partial charge in [-0.25, -0.2) is 4.79 Å². The van der Waals surface area contributed by atoms with Crippen LogP contribution < -0.4 is 0 Å². The summed E-state index contributed by atoms with van der Waals surface area (Å²) in [4.78, 5) is 37.4. The summed E-state index contributed by atoms with van der Waals surface area (Å²) in [6.07, 6.45) is 0.0286. The number of benzene rings is 2. The van der Waals surface area contributed by atoms with Gasteiger partial charge in [0.05, 0.1) is 0 Å². The number of carbonyl (C=O) groups excluding carboxylic acids is 2. The highest BCUT2D eigenvalue weighted by Crippen LogP contribution is 2.36. The van der Waals surface area contributed by atoms with Crippen molar-refractivity contribution in [2.24, 2.45) is 0 Å². The summed E-state index contributed by atoms with van der Waals surface area (Å²) in [6, 6.07) is 12.2. The van der Waals surface area contributed by atoms with Crippen molar-refractivity contribution in [1.82, 2.24) is 4.90 Å². The zero-order valence-electron chi connectivity index (χ0n) is 13.6. The Morgan fingerprint density at radius 2 is 1.46 bits per heavy atom. The van der Waals surface area contributed by atoms with Gasteiger partial charge in [-0.15, -0.1) is 0 Å². The highest BCUT2D eigenvalue weighted by molar-refractivity contribution is 6.34. The van der Waals surface area contributed by atoms with E-state index in [9.17, 15) is 19.5 Å². The second-order valence-electron chi connectivity index (χ2n) is 6.03. The first-order valence-corrected chi connectivity index (χ1v) is 8.72. The average Bonchev–Trinajstić information content (AvgIpc) is 2.91. The van der Waals surface area contributed by atoms with Gasteiger partial charge in [-0.1, -0.05) is 53.5 Å². The SMILES string of the molecule is O=C(O)C(C(c1ccccc1)c1cc(Cl)cc(Cl)c1)N1C(=O)CCC1=O. The lowest BCUT2D eigenvalue weighted by atomic mass is 9.84. The second-order valence-corrected chi connectivity index (χ2v) is 6.90. The molecule has 2 unspecified atom stereocenters. The van der Waals surface area contributed by atoms with Gasteiger partial charge in [0.1, 0.15) is 6.04 Å². The third-order valence-corrected chi connectivity index (χ3v) is 4.78. The zero-order chi connectivity index (χ0) is 18.8. The molecule has 1 saturated heterocycles. The van der Waals surface area contributed by atoms with Crippen LogP contribution in [0.5, 0.6) is 0 Å². The Kier molecular flexibility index (Phi) is 5.30. The van der Waals surface area contributed by atoms with Crippen molar-refractivity contribution in [3.8, 4) is 0 Å². The number of rotatable bonds is 5. The molecule has 2 aromatic rings. The van der Waals surface area contributed by atoms with Crippen molar-refractivity contribution in [3.63, 3.8) is 0 Å². The minimum Gasteiger partial charge on any atom is -0.480 e. The average molecular weight is 392 g/mol. The number of carbonyl (C=O) groups is 3. The number of halogens is 2. The number of likely N-dealkylation sites (tertiary alicyclic amines) is 1. The molecule has 2 atom stereocenters. The predicted octanol–water partition coefficient (Wildman–Crippen LogP) is 3.73. The van der Waals surface area contributed by atoms with Gasteiger partial charge in [0.15, 0.2) is 0 Å². The van der Waals surface area contributed by atoms with Gasteiger partial charge in [0.25, 0.3) is 0 Å². The Balaban J connectivity index is 2.19. The van der Waals surface area contributed by atoms with Gasteiger partial charge < -0.3 is 5.11 Å². The molecular formula is C19H15Cl2NO4. The lowest BCUT2D eigenvalue weighted by molar-refractivity contribution is -0.154. The Morgan fingerprint density at radius 3 is 1.96 bits per heavy atom. The molecule has 2 amide bonds. The van der Waals surface area contributed by atoms with Crippen LogP contribution in [0.3, 0.4) is 0 Å². The first-order valence-electron chi connectivity index (χ1n) is 7.97. The molecule has 26 heavy (non-hydrogen) atoms. The van der Waals surface area contributed by atoms with E-state index in [1.165, 1.54) is 6.07 Å². The summed E-state index contributed by atoms with van der Waals surface area (Å²) in [5.41, 5.74) is 1.17. The van der Waals surface area contributed by atoms with Gasteiger partial charge in [0.2, 0.25) is 11.8 Å². The largest absolute Gasteiger partial charge is 0.480 e. The maximum absolute atomic E-state index is 12.2. The van der Waals surface area contributed by atoms with Gasteiger partial charge in [-0.05, 0) is 29.3 Å². The summed E-state index contributed by atoms with van der Waals surface area (Å²) in [7, 11) is 0. The van der Waals surface area contributed by atoms with E-state index < -0.39 is 29.7 Å². The Morgan fingerprint density at radius 1 is 0.923 bits per heavy atom. The first-order chi connectivity index (χ1) is 12.4. The van der Waals surface area contributed by atoms with E-state index in [-0.39, 0.29) is 12.8 Å². The van der Waals surface area contributed by atoms with Crippen LogP contribution in [-0.2, 0) is 14.4 Å². The monoisotopic (exact) mass is 391 g/mol. The molecule has 0 spiro atoms. The number of hydrogen-bond donors (Lipinski definition) is 1. The number of aliphatic carboxylic acids is 1. The molecule has 2 aromatic carbocycles. The molecule has 0 radical (unpaired) electrons. The van der Waals surface area contributed by atoms with Gasteiger partial charge in [-0.2, -0.15) is 0 Å². The van der Waals surface area contributed by atoms with Crippen LogP contribution in [0.15, 0.2) is 48.5 Å². The van der Waals surface area contributed by atoms with E-state index >= 15 is 0 Å². The quantitative estimate of drug-likeness (QED) is 0.787. The molecule has 0 bridgehead atoms. The van der Waals surface area contributed by atoms with Crippen molar-refractivity contribution in [1.29, 1.82) is 0 Å². The van der Waals surface area contributed by atoms with E-state index in [1.807, 2.05) is 0 Å². The molecule has 3 rings (SSSR count). The second kappa shape index (κ2) is 7.48. The normalized spacial score (nSPS) is 16.6. The number of amides is 2. The highest BCUT2D eigenvalue weighted by atomic mass is 35.5. The van der Waals surface area contributed by atoms with Crippen LogP contribution in [-0.4, -0.2) is 33.8 Å². The molecule has 5 nitrogen and oxygen atoms in total. The van der Waals surface area contributed by atoms with Crippen molar-refractivity contribution in [3.05, 3.63) is 69.7 Å². The molecule has 1 aliphatic rings. The number of hydrogen-bond acceptors (Lipinski definition) is 3. The molecule has 7 heteroatoms.